The third-order valence-electron chi connectivity index (χ3n) is 3.69. The standard InChI is InChI=1S/C14H16N4O/c1-18-13(15)10(8-17-18)7-16-14(19)12-6-9-4-2-3-5-11(9)12/h2-5,8,12H,6-7,15H2,1H3,(H,16,19). The number of amides is 1. The number of nitrogens with one attached hydrogen (secondary N) is 1. The van der Waals surface area contributed by atoms with Crippen LogP contribution in [-0.4, -0.2) is 15.7 Å². The summed E-state index contributed by atoms with van der Waals surface area (Å²) in [4.78, 5) is 12.1. The van der Waals surface area contributed by atoms with Crippen LogP contribution >= 0.6 is 0 Å². The van der Waals surface area contributed by atoms with Crippen molar-refractivity contribution in [3.05, 3.63) is 47.2 Å². The first-order valence-electron chi connectivity index (χ1n) is 6.28. The largest absolute Gasteiger partial charge is 0.384 e. The van der Waals surface area contributed by atoms with Crippen LogP contribution in [0.5, 0.6) is 0 Å². The van der Waals surface area contributed by atoms with E-state index in [1.165, 1.54) is 5.56 Å². The lowest BCUT2D eigenvalue weighted by Gasteiger charge is -2.28. The van der Waals surface area contributed by atoms with Gasteiger partial charge in [0.15, 0.2) is 0 Å². The van der Waals surface area contributed by atoms with Gasteiger partial charge in [0.05, 0.1) is 12.1 Å². The van der Waals surface area contributed by atoms with Crippen LogP contribution in [0.2, 0.25) is 0 Å². The summed E-state index contributed by atoms with van der Waals surface area (Å²) in [5.74, 6) is 0.630. The average molecular weight is 256 g/mol. The van der Waals surface area contributed by atoms with Gasteiger partial charge in [-0.3, -0.25) is 9.48 Å². The smallest absolute Gasteiger partial charge is 0.228 e. The van der Waals surface area contributed by atoms with Gasteiger partial charge >= 0.3 is 0 Å². The van der Waals surface area contributed by atoms with E-state index in [1.807, 2.05) is 18.2 Å². The Morgan fingerprint density at radius 2 is 2.32 bits per heavy atom. The van der Waals surface area contributed by atoms with E-state index in [1.54, 1.807) is 17.9 Å². The fourth-order valence-electron chi connectivity index (χ4n) is 2.43. The Hall–Kier alpha value is -2.30. The third-order valence-corrected chi connectivity index (χ3v) is 3.69. The number of carbonyl (C=O) groups is 1. The Balaban J connectivity index is 1.63. The highest BCUT2D eigenvalue weighted by molar-refractivity contribution is 5.86. The van der Waals surface area contributed by atoms with Crippen LogP contribution < -0.4 is 11.1 Å². The molecule has 3 rings (SSSR count). The van der Waals surface area contributed by atoms with E-state index in [9.17, 15) is 4.79 Å². The molecule has 0 saturated carbocycles. The van der Waals surface area contributed by atoms with Crippen molar-refractivity contribution in [1.29, 1.82) is 0 Å². The molecule has 0 radical (unpaired) electrons. The van der Waals surface area contributed by atoms with Gasteiger partial charge in [0, 0.05) is 19.2 Å². The van der Waals surface area contributed by atoms with Gasteiger partial charge in [-0.05, 0) is 17.5 Å². The number of aryl methyl sites for hydroxylation is 1. The molecule has 1 aliphatic rings. The van der Waals surface area contributed by atoms with Crippen molar-refractivity contribution in [3.63, 3.8) is 0 Å². The lowest BCUT2D eigenvalue weighted by atomic mass is 9.77. The molecule has 2 aromatic rings. The lowest BCUT2D eigenvalue weighted by molar-refractivity contribution is -0.123. The maximum absolute atomic E-state index is 12.1. The predicted molar refractivity (Wildman–Crippen MR) is 72.4 cm³/mol. The number of hydrogen-bond acceptors (Lipinski definition) is 3. The second kappa shape index (κ2) is 4.42. The second-order valence-corrected chi connectivity index (χ2v) is 4.85. The van der Waals surface area contributed by atoms with Crippen molar-refractivity contribution in [2.75, 3.05) is 5.73 Å². The third kappa shape index (κ3) is 1.97. The highest BCUT2D eigenvalue weighted by Gasteiger charge is 2.31. The molecular weight excluding hydrogens is 240 g/mol. The maximum atomic E-state index is 12.1. The molecular formula is C14H16N4O. The van der Waals surface area contributed by atoms with Gasteiger partial charge in [-0.2, -0.15) is 5.10 Å². The zero-order chi connectivity index (χ0) is 13.4. The Labute approximate surface area is 111 Å². The van der Waals surface area contributed by atoms with E-state index in [4.69, 9.17) is 5.73 Å². The fourth-order valence-corrected chi connectivity index (χ4v) is 2.43. The molecule has 19 heavy (non-hydrogen) atoms. The Kier molecular flexibility index (Phi) is 2.74. The number of aromatic nitrogens is 2. The summed E-state index contributed by atoms with van der Waals surface area (Å²) in [7, 11) is 1.78. The molecule has 0 bridgehead atoms. The molecule has 98 valence electrons. The molecule has 0 fully saturated rings. The van der Waals surface area contributed by atoms with Crippen LogP contribution in [0.3, 0.4) is 0 Å². The number of benzene rings is 1. The summed E-state index contributed by atoms with van der Waals surface area (Å²) in [6.45, 7) is 0.428. The van der Waals surface area contributed by atoms with Crippen molar-refractivity contribution in [2.45, 2.75) is 18.9 Å². The minimum absolute atomic E-state index is 0.0194. The number of carbonyl (C=O) groups excluding carboxylic acids is 1. The van der Waals surface area contributed by atoms with E-state index in [-0.39, 0.29) is 11.8 Å². The van der Waals surface area contributed by atoms with Gasteiger partial charge < -0.3 is 11.1 Å². The van der Waals surface area contributed by atoms with Crippen molar-refractivity contribution in [1.82, 2.24) is 15.1 Å². The Bertz CT molecular complexity index is 632. The minimum atomic E-state index is -0.0194. The normalized spacial score (nSPS) is 16.6. The van der Waals surface area contributed by atoms with Crippen molar-refractivity contribution >= 4 is 11.7 Å². The van der Waals surface area contributed by atoms with E-state index < -0.39 is 0 Å². The molecule has 0 spiro atoms. The van der Waals surface area contributed by atoms with Crippen molar-refractivity contribution < 1.29 is 4.79 Å². The van der Waals surface area contributed by atoms with Gasteiger partial charge in [0.1, 0.15) is 5.82 Å². The first-order valence-corrected chi connectivity index (χ1v) is 6.28. The Morgan fingerprint density at radius 1 is 1.53 bits per heavy atom. The summed E-state index contributed by atoms with van der Waals surface area (Å²) >= 11 is 0. The Morgan fingerprint density at radius 3 is 3.00 bits per heavy atom. The van der Waals surface area contributed by atoms with E-state index in [0.717, 1.165) is 17.5 Å². The number of anilines is 1. The van der Waals surface area contributed by atoms with Gasteiger partial charge in [0.2, 0.25) is 5.91 Å². The molecule has 1 aromatic heterocycles. The van der Waals surface area contributed by atoms with Gasteiger partial charge in [-0.25, -0.2) is 0 Å². The number of nitrogens with zero attached hydrogens (tertiary/aromatic N) is 2. The molecule has 5 heteroatoms. The highest BCUT2D eigenvalue weighted by Crippen LogP contribution is 2.34. The van der Waals surface area contributed by atoms with E-state index >= 15 is 0 Å². The molecule has 1 unspecified atom stereocenters. The number of rotatable bonds is 3. The van der Waals surface area contributed by atoms with Crippen LogP contribution in [0.1, 0.15) is 22.6 Å². The second-order valence-electron chi connectivity index (χ2n) is 4.85. The van der Waals surface area contributed by atoms with Crippen LogP contribution in [0.4, 0.5) is 5.82 Å². The van der Waals surface area contributed by atoms with Gasteiger partial charge in [-0.1, -0.05) is 24.3 Å². The minimum Gasteiger partial charge on any atom is -0.384 e. The molecule has 1 atom stereocenters. The summed E-state index contributed by atoms with van der Waals surface area (Å²) in [5, 5.41) is 6.97. The predicted octanol–water partition coefficient (Wildman–Crippen LogP) is 0.958. The van der Waals surface area contributed by atoms with Crippen LogP contribution in [0, 0.1) is 0 Å². The van der Waals surface area contributed by atoms with Gasteiger partial charge in [0.25, 0.3) is 0 Å². The number of fused-ring (bicyclic) bond motifs is 1. The van der Waals surface area contributed by atoms with Crippen LogP contribution in [0.25, 0.3) is 0 Å². The van der Waals surface area contributed by atoms with Gasteiger partial charge in [-0.15, -0.1) is 0 Å². The lowest BCUT2D eigenvalue weighted by Crippen LogP contribution is -2.35. The number of hydrogen-bond donors (Lipinski definition) is 2. The summed E-state index contributed by atoms with van der Waals surface area (Å²) in [5.41, 5.74) is 9.09. The average Bonchev–Trinajstić information content (AvgIpc) is 2.69. The molecule has 1 aromatic carbocycles. The topological polar surface area (TPSA) is 72.9 Å². The molecule has 0 aliphatic heterocycles. The van der Waals surface area contributed by atoms with Crippen molar-refractivity contribution in [3.8, 4) is 0 Å². The molecule has 1 aliphatic carbocycles. The molecule has 5 nitrogen and oxygen atoms in total. The quantitative estimate of drug-likeness (QED) is 0.859. The summed E-state index contributed by atoms with van der Waals surface area (Å²) in [6, 6.07) is 8.06. The zero-order valence-corrected chi connectivity index (χ0v) is 10.8. The number of nitrogen functional groups attached to an aromatic ring is 1. The monoisotopic (exact) mass is 256 g/mol. The maximum Gasteiger partial charge on any atom is 0.228 e. The van der Waals surface area contributed by atoms with Crippen LogP contribution in [0.15, 0.2) is 30.5 Å². The van der Waals surface area contributed by atoms with E-state index in [2.05, 4.69) is 16.5 Å². The van der Waals surface area contributed by atoms with Crippen LogP contribution in [-0.2, 0) is 24.8 Å². The first kappa shape index (κ1) is 11.8. The SMILES string of the molecule is Cn1ncc(CNC(=O)C2Cc3ccccc32)c1N. The molecule has 1 amide bonds. The summed E-state index contributed by atoms with van der Waals surface area (Å²) in [6.07, 6.45) is 2.51. The molecule has 0 saturated heterocycles. The fraction of sp³-hybridized carbons (Fsp3) is 0.286. The van der Waals surface area contributed by atoms with Crippen molar-refractivity contribution in [2.24, 2.45) is 7.05 Å². The number of nitrogens with two attached hydrogens (primary N) is 1. The highest BCUT2D eigenvalue weighted by atomic mass is 16.1. The van der Waals surface area contributed by atoms with E-state index in [0.29, 0.717) is 12.4 Å². The summed E-state index contributed by atoms with van der Waals surface area (Å²) < 4.78 is 1.60. The molecule has 3 N–H and O–H groups in total. The zero-order valence-electron chi connectivity index (χ0n) is 10.8. The molecule has 1 heterocycles. The first-order chi connectivity index (χ1) is 9.16.